The van der Waals surface area contributed by atoms with Crippen LogP contribution in [-0.4, -0.2) is 63.9 Å². The van der Waals surface area contributed by atoms with Crippen LogP contribution in [0.5, 0.6) is 11.5 Å². The predicted octanol–water partition coefficient (Wildman–Crippen LogP) is 3.65. The van der Waals surface area contributed by atoms with Gasteiger partial charge in [-0.05, 0) is 75.2 Å². The Kier molecular flexibility index (Phi) is 8.43. The van der Waals surface area contributed by atoms with Crippen molar-refractivity contribution in [3.63, 3.8) is 0 Å². The number of methoxy groups -OCH3 is 2. The van der Waals surface area contributed by atoms with Gasteiger partial charge in [-0.2, -0.15) is 0 Å². The number of para-hydroxylation sites is 1. The van der Waals surface area contributed by atoms with Crippen LogP contribution in [-0.2, 0) is 17.8 Å². The van der Waals surface area contributed by atoms with Crippen LogP contribution >= 0.6 is 0 Å². The number of ether oxygens (including phenoxy) is 2. The van der Waals surface area contributed by atoms with E-state index in [1.54, 1.807) is 14.2 Å². The third kappa shape index (κ3) is 6.46. The van der Waals surface area contributed by atoms with E-state index in [9.17, 15) is 4.79 Å². The van der Waals surface area contributed by atoms with Gasteiger partial charge >= 0.3 is 0 Å². The summed E-state index contributed by atoms with van der Waals surface area (Å²) in [6.45, 7) is 8.17. The normalized spacial score (nSPS) is 15.8. The highest BCUT2D eigenvalue weighted by molar-refractivity contribution is 5.79. The molecule has 1 aliphatic heterocycles. The molecule has 37 heavy (non-hydrogen) atoms. The van der Waals surface area contributed by atoms with Gasteiger partial charge in [0, 0.05) is 23.6 Å². The van der Waals surface area contributed by atoms with Crippen molar-refractivity contribution in [1.82, 2.24) is 30.4 Å². The third-order valence-electron chi connectivity index (χ3n) is 6.75. The fraction of sp³-hybridized carbons (Fsp3) is 0.500. The fourth-order valence-electron chi connectivity index (χ4n) is 4.96. The van der Waals surface area contributed by atoms with Crippen LogP contribution in [0.25, 0.3) is 0 Å². The molecule has 9 heteroatoms. The second-order valence-electron chi connectivity index (χ2n) is 10.5. The number of nitrogens with one attached hydrogen (secondary N) is 1. The predicted molar refractivity (Wildman–Crippen MR) is 142 cm³/mol. The van der Waals surface area contributed by atoms with E-state index in [0.29, 0.717) is 18.0 Å². The standard InChI is InChI=1S/C28H38N6O3/c1-28(2,3)29-27(35)21-15-17-33(18-16-21)24(22-12-9-13-23(36-4)25(22)37-5)26-30-31-32-34(26)19-14-20-10-7-6-8-11-20/h6-13,21,24H,14-19H2,1-5H3,(H,29,35). The first-order valence-corrected chi connectivity index (χ1v) is 12.9. The lowest BCUT2D eigenvalue weighted by atomic mass is 9.92. The Morgan fingerprint density at radius 3 is 2.43 bits per heavy atom. The zero-order valence-corrected chi connectivity index (χ0v) is 22.5. The molecule has 0 bridgehead atoms. The van der Waals surface area contributed by atoms with Gasteiger partial charge in [0.05, 0.1) is 14.2 Å². The molecule has 4 rings (SSSR count). The summed E-state index contributed by atoms with van der Waals surface area (Å²) >= 11 is 0. The minimum Gasteiger partial charge on any atom is -0.493 e. The molecule has 1 aromatic heterocycles. The maximum atomic E-state index is 12.8. The first kappa shape index (κ1) is 26.6. The molecular weight excluding hydrogens is 468 g/mol. The van der Waals surface area contributed by atoms with E-state index < -0.39 is 0 Å². The van der Waals surface area contributed by atoms with Gasteiger partial charge in [0.1, 0.15) is 6.04 Å². The number of hydrogen-bond acceptors (Lipinski definition) is 7. The first-order valence-electron chi connectivity index (χ1n) is 12.9. The fourth-order valence-corrected chi connectivity index (χ4v) is 4.96. The topological polar surface area (TPSA) is 94.4 Å². The first-order chi connectivity index (χ1) is 17.8. The van der Waals surface area contributed by atoms with Crippen molar-refractivity contribution in [2.75, 3.05) is 27.3 Å². The third-order valence-corrected chi connectivity index (χ3v) is 6.75. The summed E-state index contributed by atoms with van der Waals surface area (Å²) in [6.07, 6.45) is 2.34. The van der Waals surface area contributed by atoms with Crippen LogP contribution in [0.3, 0.4) is 0 Å². The number of aromatic nitrogens is 4. The number of hydrogen-bond donors (Lipinski definition) is 1. The lowest BCUT2D eigenvalue weighted by Gasteiger charge is -2.37. The zero-order chi connectivity index (χ0) is 26.4. The summed E-state index contributed by atoms with van der Waals surface area (Å²) in [4.78, 5) is 15.2. The summed E-state index contributed by atoms with van der Waals surface area (Å²) in [5, 5.41) is 16.0. The molecule has 9 nitrogen and oxygen atoms in total. The monoisotopic (exact) mass is 506 g/mol. The molecule has 0 aliphatic carbocycles. The summed E-state index contributed by atoms with van der Waals surface area (Å²) < 4.78 is 13.3. The average Bonchev–Trinajstić information content (AvgIpc) is 3.35. The highest BCUT2D eigenvalue weighted by atomic mass is 16.5. The van der Waals surface area contributed by atoms with E-state index in [0.717, 1.165) is 43.7 Å². The Labute approximate surface area is 219 Å². The molecular formula is C28H38N6O3. The molecule has 0 saturated carbocycles. The van der Waals surface area contributed by atoms with E-state index >= 15 is 0 Å². The van der Waals surface area contributed by atoms with Gasteiger partial charge in [-0.25, -0.2) is 4.68 Å². The molecule has 1 unspecified atom stereocenters. The number of rotatable bonds is 9. The smallest absolute Gasteiger partial charge is 0.223 e. The van der Waals surface area contributed by atoms with E-state index in [-0.39, 0.29) is 23.4 Å². The molecule has 1 saturated heterocycles. The van der Waals surface area contributed by atoms with E-state index in [1.165, 1.54) is 5.56 Å². The molecule has 0 radical (unpaired) electrons. The highest BCUT2D eigenvalue weighted by Gasteiger charge is 2.35. The van der Waals surface area contributed by atoms with Crippen LogP contribution in [0.4, 0.5) is 0 Å². The van der Waals surface area contributed by atoms with E-state index in [1.807, 2.05) is 61.9 Å². The van der Waals surface area contributed by atoms with Crippen molar-refractivity contribution in [3.05, 3.63) is 65.5 Å². The molecule has 1 aliphatic rings. The number of piperidine rings is 1. The van der Waals surface area contributed by atoms with Gasteiger partial charge in [-0.15, -0.1) is 5.10 Å². The minimum atomic E-state index is -0.248. The lowest BCUT2D eigenvalue weighted by molar-refractivity contribution is -0.128. The second kappa shape index (κ2) is 11.7. The molecule has 0 spiro atoms. The maximum Gasteiger partial charge on any atom is 0.223 e. The van der Waals surface area contributed by atoms with Crippen LogP contribution in [0.15, 0.2) is 48.5 Å². The summed E-state index contributed by atoms with van der Waals surface area (Å²) in [7, 11) is 3.29. The van der Waals surface area contributed by atoms with Crippen molar-refractivity contribution < 1.29 is 14.3 Å². The maximum absolute atomic E-state index is 12.8. The number of carbonyl (C=O) groups excluding carboxylic acids is 1. The highest BCUT2D eigenvalue weighted by Crippen LogP contribution is 2.40. The lowest BCUT2D eigenvalue weighted by Crippen LogP contribution is -2.47. The number of carbonyl (C=O) groups is 1. The van der Waals surface area contributed by atoms with Gasteiger partial charge in [-0.1, -0.05) is 42.5 Å². The molecule has 1 atom stereocenters. The Morgan fingerprint density at radius 2 is 1.78 bits per heavy atom. The van der Waals surface area contributed by atoms with Gasteiger partial charge in [0.2, 0.25) is 5.91 Å². The van der Waals surface area contributed by atoms with E-state index in [2.05, 4.69) is 37.9 Å². The molecule has 1 amide bonds. The van der Waals surface area contributed by atoms with Crippen molar-refractivity contribution in [2.45, 2.75) is 58.2 Å². The SMILES string of the molecule is COc1cccc(C(c2nnnn2CCc2ccccc2)N2CCC(C(=O)NC(C)(C)C)CC2)c1OC. The molecule has 1 N–H and O–H groups in total. The minimum absolute atomic E-state index is 0.0163. The van der Waals surface area contributed by atoms with Crippen molar-refractivity contribution in [1.29, 1.82) is 0 Å². The molecule has 1 fully saturated rings. The Morgan fingerprint density at radius 1 is 1.05 bits per heavy atom. The molecule has 3 aromatic rings. The molecule has 2 aromatic carbocycles. The second-order valence-corrected chi connectivity index (χ2v) is 10.5. The van der Waals surface area contributed by atoms with Gasteiger partial charge in [0.25, 0.3) is 0 Å². The number of tetrazole rings is 1. The summed E-state index contributed by atoms with van der Waals surface area (Å²) in [6, 6.07) is 16.0. The number of aryl methyl sites for hydroxylation is 2. The largest absolute Gasteiger partial charge is 0.493 e. The average molecular weight is 507 g/mol. The number of amides is 1. The Bertz CT molecular complexity index is 1170. The summed E-state index contributed by atoms with van der Waals surface area (Å²) in [5.74, 6) is 2.18. The molecule has 198 valence electrons. The Balaban J connectivity index is 1.63. The number of nitrogens with zero attached hydrogens (tertiary/aromatic N) is 5. The zero-order valence-electron chi connectivity index (χ0n) is 22.5. The van der Waals surface area contributed by atoms with Gasteiger partial charge in [0.15, 0.2) is 17.3 Å². The Hall–Kier alpha value is -3.46. The van der Waals surface area contributed by atoms with Gasteiger partial charge < -0.3 is 14.8 Å². The molecule has 2 heterocycles. The van der Waals surface area contributed by atoms with Crippen LogP contribution < -0.4 is 14.8 Å². The quantitative estimate of drug-likeness (QED) is 0.473. The van der Waals surface area contributed by atoms with Crippen molar-refractivity contribution >= 4 is 5.91 Å². The number of likely N-dealkylation sites (tertiary alicyclic amines) is 1. The van der Waals surface area contributed by atoms with Gasteiger partial charge in [-0.3, -0.25) is 9.69 Å². The van der Waals surface area contributed by atoms with Crippen molar-refractivity contribution in [2.24, 2.45) is 5.92 Å². The van der Waals surface area contributed by atoms with Crippen LogP contribution in [0.1, 0.15) is 56.6 Å². The van der Waals surface area contributed by atoms with E-state index in [4.69, 9.17) is 9.47 Å². The van der Waals surface area contributed by atoms with Crippen molar-refractivity contribution in [3.8, 4) is 11.5 Å². The van der Waals surface area contributed by atoms with Crippen LogP contribution in [0.2, 0.25) is 0 Å². The summed E-state index contributed by atoms with van der Waals surface area (Å²) in [5.41, 5.74) is 1.92. The van der Waals surface area contributed by atoms with Crippen LogP contribution in [0, 0.1) is 5.92 Å². The number of benzene rings is 2.